The lowest BCUT2D eigenvalue weighted by molar-refractivity contribution is -0.0328. The summed E-state index contributed by atoms with van der Waals surface area (Å²) in [5.41, 5.74) is 3.29. The summed E-state index contributed by atoms with van der Waals surface area (Å²) in [5, 5.41) is 4.94. The minimum atomic E-state index is -4.34. The molecule has 136 valence electrons. The van der Waals surface area contributed by atoms with Gasteiger partial charge in [0.15, 0.2) is 0 Å². The number of carbonyl (C=O) groups is 1. The number of anilines is 1. The van der Waals surface area contributed by atoms with Gasteiger partial charge in [-0.05, 0) is 41.6 Å². The van der Waals surface area contributed by atoms with Crippen LogP contribution >= 0.6 is 11.8 Å². The Labute approximate surface area is 151 Å². The van der Waals surface area contributed by atoms with Crippen LogP contribution in [0.15, 0.2) is 53.6 Å². The van der Waals surface area contributed by atoms with E-state index in [1.165, 1.54) is 17.0 Å². The van der Waals surface area contributed by atoms with E-state index in [0.29, 0.717) is 11.3 Å². The van der Waals surface area contributed by atoms with Gasteiger partial charge >= 0.3 is 11.5 Å². The van der Waals surface area contributed by atoms with Crippen LogP contribution in [-0.2, 0) is 13.6 Å². The van der Waals surface area contributed by atoms with Gasteiger partial charge in [0.25, 0.3) is 0 Å². The molecular formula is C17H15F3N4OS. The monoisotopic (exact) mass is 380 g/mol. The Kier molecular flexibility index (Phi) is 4.82. The number of amides is 2. The Morgan fingerprint density at radius 2 is 1.92 bits per heavy atom. The van der Waals surface area contributed by atoms with Crippen LogP contribution in [0.25, 0.3) is 10.9 Å². The normalized spacial score (nSPS) is 11.7. The molecule has 2 aromatic carbocycles. The van der Waals surface area contributed by atoms with Crippen LogP contribution in [0.3, 0.4) is 0 Å². The molecule has 26 heavy (non-hydrogen) atoms. The van der Waals surface area contributed by atoms with Gasteiger partial charge in [-0.2, -0.15) is 18.3 Å². The number of carbonyl (C=O) groups excluding carboxylic acids is 1. The molecule has 0 radical (unpaired) electrons. The van der Waals surface area contributed by atoms with Crippen molar-refractivity contribution in [2.75, 3.05) is 4.90 Å². The lowest BCUT2D eigenvalue weighted by atomic mass is 10.1. The fourth-order valence-electron chi connectivity index (χ4n) is 2.66. The van der Waals surface area contributed by atoms with Crippen molar-refractivity contribution >= 4 is 34.4 Å². The first kappa shape index (κ1) is 18.1. The van der Waals surface area contributed by atoms with E-state index < -0.39 is 11.5 Å². The molecule has 0 aliphatic rings. The number of aromatic nitrogens is 2. The summed E-state index contributed by atoms with van der Waals surface area (Å²) >= 11 is -0.181. The van der Waals surface area contributed by atoms with Crippen molar-refractivity contribution in [3.8, 4) is 0 Å². The molecule has 3 aromatic rings. The quantitative estimate of drug-likeness (QED) is 0.688. The van der Waals surface area contributed by atoms with Gasteiger partial charge in [0.2, 0.25) is 0 Å². The van der Waals surface area contributed by atoms with Crippen LogP contribution in [-0.4, -0.2) is 21.3 Å². The number of aryl methyl sites for hydroxylation is 1. The molecule has 3 rings (SSSR count). The van der Waals surface area contributed by atoms with Gasteiger partial charge in [-0.3, -0.25) is 9.58 Å². The number of rotatable bonds is 4. The number of urea groups is 1. The Morgan fingerprint density at radius 1 is 1.23 bits per heavy atom. The largest absolute Gasteiger partial charge is 0.446 e. The molecule has 0 saturated carbocycles. The number of nitrogens with zero attached hydrogens (tertiary/aromatic N) is 3. The average Bonchev–Trinajstić information content (AvgIpc) is 2.94. The van der Waals surface area contributed by atoms with E-state index in [0.717, 1.165) is 10.9 Å². The molecule has 0 aliphatic heterocycles. The minimum Gasteiger partial charge on any atom is -0.351 e. The first-order chi connectivity index (χ1) is 12.2. The van der Waals surface area contributed by atoms with E-state index >= 15 is 0 Å². The molecule has 2 amide bonds. The molecule has 0 saturated heterocycles. The third-order valence-electron chi connectivity index (χ3n) is 3.82. The number of nitrogens with two attached hydrogens (primary N) is 1. The molecule has 0 bridgehead atoms. The third kappa shape index (κ3) is 3.93. The zero-order valence-corrected chi connectivity index (χ0v) is 14.5. The van der Waals surface area contributed by atoms with Gasteiger partial charge in [-0.15, -0.1) is 0 Å². The van der Waals surface area contributed by atoms with E-state index in [-0.39, 0.29) is 23.2 Å². The van der Waals surface area contributed by atoms with E-state index in [1.54, 1.807) is 42.2 Å². The highest BCUT2D eigenvalue weighted by Crippen LogP contribution is 2.37. The molecule has 0 aliphatic carbocycles. The first-order valence-corrected chi connectivity index (χ1v) is 8.38. The molecule has 0 fully saturated rings. The smallest absolute Gasteiger partial charge is 0.351 e. The van der Waals surface area contributed by atoms with Crippen molar-refractivity contribution in [2.24, 2.45) is 12.8 Å². The molecule has 9 heteroatoms. The fraction of sp³-hybridized carbons (Fsp3) is 0.176. The van der Waals surface area contributed by atoms with Crippen LogP contribution in [0.4, 0.5) is 23.7 Å². The second-order valence-electron chi connectivity index (χ2n) is 5.59. The summed E-state index contributed by atoms with van der Waals surface area (Å²) in [4.78, 5) is 13.4. The zero-order valence-electron chi connectivity index (χ0n) is 13.7. The van der Waals surface area contributed by atoms with Gasteiger partial charge in [-0.25, -0.2) is 4.79 Å². The molecule has 2 N–H and O–H groups in total. The molecule has 0 atom stereocenters. The van der Waals surface area contributed by atoms with Gasteiger partial charge in [-0.1, -0.05) is 18.2 Å². The number of thioether (sulfide) groups is 1. The first-order valence-electron chi connectivity index (χ1n) is 7.57. The average molecular weight is 380 g/mol. The topological polar surface area (TPSA) is 64.2 Å². The van der Waals surface area contributed by atoms with Gasteiger partial charge in [0.1, 0.15) is 0 Å². The Bertz CT molecular complexity index is 937. The van der Waals surface area contributed by atoms with E-state index in [1.807, 2.05) is 6.07 Å². The highest BCUT2D eigenvalue weighted by atomic mass is 32.2. The number of halogens is 3. The number of hydrogen-bond donors (Lipinski definition) is 1. The van der Waals surface area contributed by atoms with Crippen LogP contribution in [0, 0.1) is 0 Å². The maximum absolute atomic E-state index is 12.4. The summed E-state index contributed by atoms with van der Waals surface area (Å²) in [6.07, 6.45) is 1.64. The van der Waals surface area contributed by atoms with E-state index in [2.05, 4.69) is 5.10 Å². The lowest BCUT2D eigenvalue weighted by Gasteiger charge is -2.21. The highest BCUT2D eigenvalue weighted by molar-refractivity contribution is 8.00. The summed E-state index contributed by atoms with van der Waals surface area (Å²) in [6, 6.07) is 10.6. The second kappa shape index (κ2) is 6.91. The van der Waals surface area contributed by atoms with E-state index in [4.69, 9.17) is 5.73 Å². The Hall–Kier alpha value is -2.68. The van der Waals surface area contributed by atoms with Crippen LogP contribution < -0.4 is 10.6 Å². The van der Waals surface area contributed by atoms with Crippen LogP contribution in [0.5, 0.6) is 0 Å². The fourth-order valence-corrected chi connectivity index (χ4v) is 3.20. The number of hydrogen-bond acceptors (Lipinski definition) is 3. The summed E-state index contributed by atoms with van der Waals surface area (Å²) < 4.78 is 38.9. The van der Waals surface area contributed by atoms with Crippen molar-refractivity contribution in [2.45, 2.75) is 16.9 Å². The molecule has 0 spiro atoms. The lowest BCUT2D eigenvalue weighted by Crippen LogP contribution is -2.35. The highest BCUT2D eigenvalue weighted by Gasteiger charge is 2.29. The SMILES string of the molecule is Cn1ncc2c(N(Cc3ccc(SC(F)(F)F)cc3)C(N)=O)cccc21. The second-order valence-corrected chi connectivity index (χ2v) is 6.73. The summed E-state index contributed by atoms with van der Waals surface area (Å²) in [5.74, 6) is 0. The predicted molar refractivity (Wildman–Crippen MR) is 94.8 cm³/mol. The number of benzene rings is 2. The maximum Gasteiger partial charge on any atom is 0.446 e. The third-order valence-corrected chi connectivity index (χ3v) is 4.56. The summed E-state index contributed by atoms with van der Waals surface area (Å²) in [6.45, 7) is 0.139. The van der Waals surface area contributed by atoms with Crippen molar-refractivity contribution in [3.05, 3.63) is 54.2 Å². The predicted octanol–water partition coefficient (Wildman–Crippen LogP) is 4.27. The van der Waals surface area contributed by atoms with Crippen molar-refractivity contribution < 1.29 is 18.0 Å². The standard InChI is InChI=1S/C17H15F3N4OS/c1-23-14-3-2-4-15(13(14)9-22-23)24(16(21)25)10-11-5-7-12(8-6-11)26-17(18,19)20/h2-9H,10H2,1H3,(H2,21,25). The summed E-state index contributed by atoms with van der Waals surface area (Å²) in [7, 11) is 1.79. The molecule has 1 heterocycles. The Balaban J connectivity index is 1.88. The molecular weight excluding hydrogens is 365 g/mol. The van der Waals surface area contributed by atoms with Gasteiger partial charge in [0.05, 0.1) is 23.9 Å². The van der Waals surface area contributed by atoms with Gasteiger partial charge in [0, 0.05) is 17.3 Å². The van der Waals surface area contributed by atoms with Crippen molar-refractivity contribution in [1.29, 1.82) is 0 Å². The van der Waals surface area contributed by atoms with Crippen molar-refractivity contribution in [3.63, 3.8) is 0 Å². The number of fused-ring (bicyclic) bond motifs is 1. The molecule has 0 unspecified atom stereocenters. The molecule has 5 nitrogen and oxygen atoms in total. The van der Waals surface area contributed by atoms with E-state index in [9.17, 15) is 18.0 Å². The number of alkyl halides is 3. The Morgan fingerprint density at radius 3 is 2.54 bits per heavy atom. The van der Waals surface area contributed by atoms with Crippen LogP contribution in [0.1, 0.15) is 5.56 Å². The zero-order chi connectivity index (χ0) is 18.9. The number of primary amides is 1. The van der Waals surface area contributed by atoms with Gasteiger partial charge < -0.3 is 5.73 Å². The maximum atomic E-state index is 12.4. The molecule has 1 aromatic heterocycles. The van der Waals surface area contributed by atoms with Crippen molar-refractivity contribution in [1.82, 2.24) is 9.78 Å². The minimum absolute atomic E-state index is 0.0845. The van der Waals surface area contributed by atoms with Crippen LogP contribution in [0.2, 0.25) is 0 Å².